The van der Waals surface area contributed by atoms with Crippen molar-refractivity contribution in [3.8, 4) is 11.1 Å². The molecule has 2 rings (SSSR count). The number of hydrogen-bond acceptors (Lipinski definition) is 3. The highest BCUT2D eigenvalue weighted by Gasteiger charge is 2.28. The van der Waals surface area contributed by atoms with Crippen LogP contribution in [0.3, 0.4) is 0 Å². The molecule has 27 heavy (non-hydrogen) atoms. The van der Waals surface area contributed by atoms with E-state index in [0.29, 0.717) is 11.1 Å². The monoisotopic (exact) mass is 380 g/mol. The van der Waals surface area contributed by atoms with E-state index in [-0.39, 0.29) is 5.56 Å². The minimum atomic E-state index is -1.56. The molecular formula is C19H19F3N2O3. The molecule has 0 bridgehead atoms. The molecule has 0 fully saturated rings. The van der Waals surface area contributed by atoms with Crippen LogP contribution in [0.2, 0.25) is 0 Å². The lowest BCUT2D eigenvalue weighted by Crippen LogP contribution is -2.43. The predicted octanol–water partition coefficient (Wildman–Crippen LogP) is 3.48. The highest BCUT2D eigenvalue weighted by atomic mass is 19.2. The molecule has 3 N–H and O–H groups in total. The van der Waals surface area contributed by atoms with Gasteiger partial charge >= 0.3 is 0 Å². The smallest absolute Gasteiger partial charge is 0.270 e. The molecule has 0 aromatic heterocycles. The van der Waals surface area contributed by atoms with Gasteiger partial charge in [-0.15, -0.1) is 0 Å². The van der Waals surface area contributed by atoms with Crippen molar-refractivity contribution in [3.05, 3.63) is 59.4 Å². The normalized spacial score (nSPS) is 12.4. The maximum absolute atomic E-state index is 13.4. The fourth-order valence-electron chi connectivity index (χ4n) is 2.30. The summed E-state index contributed by atoms with van der Waals surface area (Å²) in [6.07, 6.45) is 0. The third-order valence-electron chi connectivity index (χ3n) is 3.89. The molecule has 0 spiro atoms. The van der Waals surface area contributed by atoms with Crippen LogP contribution in [0, 0.1) is 22.9 Å². The highest BCUT2D eigenvalue weighted by Crippen LogP contribution is 2.26. The number of rotatable bonds is 4. The molecule has 2 aromatic rings. The van der Waals surface area contributed by atoms with Crippen LogP contribution in [-0.2, 0) is 9.59 Å². The van der Waals surface area contributed by atoms with Gasteiger partial charge in [-0.3, -0.25) is 14.8 Å². The van der Waals surface area contributed by atoms with E-state index in [4.69, 9.17) is 5.21 Å². The number of halogens is 3. The van der Waals surface area contributed by atoms with Crippen LogP contribution in [0.25, 0.3) is 11.1 Å². The van der Waals surface area contributed by atoms with E-state index in [1.807, 2.05) is 0 Å². The Morgan fingerprint density at radius 3 is 1.93 bits per heavy atom. The molecule has 0 saturated carbocycles. The van der Waals surface area contributed by atoms with Crippen molar-refractivity contribution >= 4 is 11.8 Å². The Morgan fingerprint density at radius 1 is 0.963 bits per heavy atom. The van der Waals surface area contributed by atoms with Gasteiger partial charge in [0, 0.05) is 5.41 Å². The molecule has 0 aliphatic rings. The van der Waals surface area contributed by atoms with Crippen LogP contribution < -0.4 is 10.8 Å². The number of carbonyl (C=O) groups excluding carboxylic acids is 2. The summed E-state index contributed by atoms with van der Waals surface area (Å²) in [5.74, 6) is -5.45. The van der Waals surface area contributed by atoms with E-state index in [1.54, 1.807) is 20.8 Å². The van der Waals surface area contributed by atoms with Crippen molar-refractivity contribution in [2.24, 2.45) is 5.41 Å². The van der Waals surface area contributed by atoms with Gasteiger partial charge in [-0.05, 0) is 28.8 Å². The molecule has 0 aliphatic carbocycles. The standard InChI is InChI=1S/C19H19F3N2O3/c1-19(2,3)18(26)23-16(17(25)24-27)11-6-4-10(5-7-11)12-8-13(20)15(22)14(21)9-12/h4-9,16,27H,1-3H3,(H,23,26)(H,24,25). The lowest BCUT2D eigenvalue weighted by Gasteiger charge is -2.23. The first-order chi connectivity index (χ1) is 12.5. The first-order valence-electron chi connectivity index (χ1n) is 8.04. The summed E-state index contributed by atoms with van der Waals surface area (Å²) in [6, 6.07) is 6.37. The van der Waals surface area contributed by atoms with Gasteiger partial charge in [0.15, 0.2) is 17.5 Å². The molecule has 0 radical (unpaired) electrons. The number of amides is 2. The average Bonchev–Trinajstić information content (AvgIpc) is 2.62. The number of nitrogens with one attached hydrogen (secondary N) is 2. The van der Waals surface area contributed by atoms with Crippen molar-refractivity contribution in [1.29, 1.82) is 0 Å². The number of benzene rings is 2. The minimum Gasteiger partial charge on any atom is -0.340 e. The lowest BCUT2D eigenvalue weighted by atomic mass is 9.94. The van der Waals surface area contributed by atoms with Crippen molar-refractivity contribution in [2.45, 2.75) is 26.8 Å². The topological polar surface area (TPSA) is 78.4 Å². The summed E-state index contributed by atoms with van der Waals surface area (Å²) >= 11 is 0. The Bertz CT molecular complexity index is 838. The first kappa shape index (κ1) is 20.4. The SMILES string of the molecule is CC(C)(C)C(=O)NC(C(=O)NO)c1ccc(-c2cc(F)c(F)c(F)c2)cc1. The second-order valence-corrected chi connectivity index (χ2v) is 7.01. The number of hydroxylamine groups is 1. The zero-order valence-electron chi connectivity index (χ0n) is 14.9. The van der Waals surface area contributed by atoms with Crippen LogP contribution in [0.4, 0.5) is 13.2 Å². The summed E-state index contributed by atoms with van der Waals surface area (Å²) in [6.45, 7) is 4.99. The van der Waals surface area contributed by atoms with Crippen LogP contribution in [0.1, 0.15) is 32.4 Å². The van der Waals surface area contributed by atoms with Crippen molar-refractivity contribution in [2.75, 3.05) is 0 Å². The fraction of sp³-hybridized carbons (Fsp3) is 0.263. The molecule has 0 saturated heterocycles. The lowest BCUT2D eigenvalue weighted by molar-refractivity contribution is -0.137. The molecule has 2 amide bonds. The summed E-state index contributed by atoms with van der Waals surface area (Å²) in [5, 5.41) is 11.5. The number of hydrogen-bond donors (Lipinski definition) is 3. The van der Waals surface area contributed by atoms with E-state index in [1.165, 1.54) is 29.7 Å². The first-order valence-corrected chi connectivity index (χ1v) is 8.04. The molecule has 144 valence electrons. The summed E-state index contributed by atoms with van der Waals surface area (Å²) < 4.78 is 39.9. The molecule has 8 heteroatoms. The van der Waals surface area contributed by atoms with Crippen LogP contribution in [0.5, 0.6) is 0 Å². The Morgan fingerprint density at radius 2 is 1.48 bits per heavy atom. The van der Waals surface area contributed by atoms with Crippen molar-refractivity contribution < 1.29 is 28.0 Å². The van der Waals surface area contributed by atoms with E-state index in [9.17, 15) is 22.8 Å². The Kier molecular flexibility index (Phi) is 5.90. The maximum atomic E-state index is 13.4. The second kappa shape index (κ2) is 7.79. The van der Waals surface area contributed by atoms with E-state index >= 15 is 0 Å². The van der Waals surface area contributed by atoms with Gasteiger partial charge in [0.2, 0.25) is 5.91 Å². The number of carbonyl (C=O) groups is 2. The van der Waals surface area contributed by atoms with Gasteiger partial charge in [-0.1, -0.05) is 45.0 Å². The quantitative estimate of drug-likeness (QED) is 0.432. The predicted molar refractivity (Wildman–Crippen MR) is 92.0 cm³/mol. The Hall–Kier alpha value is -2.87. The van der Waals surface area contributed by atoms with E-state index in [0.717, 1.165) is 12.1 Å². The van der Waals surface area contributed by atoms with Gasteiger partial charge in [-0.25, -0.2) is 18.7 Å². The Balaban J connectivity index is 2.35. The molecule has 1 atom stereocenters. The average molecular weight is 380 g/mol. The third-order valence-corrected chi connectivity index (χ3v) is 3.89. The molecular weight excluding hydrogens is 361 g/mol. The van der Waals surface area contributed by atoms with Gasteiger partial charge in [-0.2, -0.15) is 0 Å². The van der Waals surface area contributed by atoms with E-state index in [2.05, 4.69) is 5.32 Å². The van der Waals surface area contributed by atoms with Gasteiger partial charge in [0.1, 0.15) is 6.04 Å². The second-order valence-electron chi connectivity index (χ2n) is 7.01. The van der Waals surface area contributed by atoms with Crippen LogP contribution in [-0.4, -0.2) is 17.0 Å². The Labute approximate surface area is 154 Å². The van der Waals surface area contributed by atoms with Gasteiger partial charge < -0.3 is 5.32 Å². The molecule has 2 aromatic carbocycles. The van der Waals surface area contributed by atoms with Crippen LogP contribution in [0.15, 0.2) is 36.4 Å². The van der Waals surface area contributed by atoms with Gasteiger partial charge in [0.25, 0.3) is 5.91 Å². The summed E-state index contributed by atoms with van der Waals surface area (Å²) in [4.78, 5) is 24.1. The molecule has 0 heterocycles. The van der Waals surface area contributed by atoms with Crippen molar-refractivity contribution in [1.82, 2.24) is 10.8 Å². The third kappa shape index (κ3) is 4.65. The molecule has 0 aliphatic heterocycles. The fourth-order valence-corrected chi connectivity index (χ4v) is 2.30. The maximum Gasteiger partial charge on any atom is 0.270 e. The highest BCUT2D eigenvalue weighted by molar-refractivity contribution is 5.90. The van der Waals surface area contributed by atoms with E-state index < -0.39 is 40.7 Å². The largest absolute Gasteiger partial charge is 0.340 e. The summed E-state index contributed by atoms with van der Waals surface area (Å²) in [5.41, 5.74) is 1.55. The summed E-state index contributed by atoms with van der Waals surface area (Å²) in [7, 11) is 0. The zero-order chi connectivity index (χ0) is 20.4. The van der Waals surface area contributed by atoms with Crippen molar-refractivity contribution in [3.63, 3.8) is 0 Å². The minimum absolute atomic E-state index is 0.111. The van der Waals surface area contributed by atoms with Crippen LogP contribution >= 0.6 is 0 Å². The molecule has 1 unspecified atom stereocenters. The zero-order valence-corrected chi connectivity index (χ0v) is 14.9. The van der Waals surface area contributed by atoms with Gasteiger partial charge in [0.05, 0.1) is 0 Å². The molecule has 5 nitrogen and oxygen atoms in total.